The molecule has 2 aromatic rings. The van der Waals surface area contributed by atoms with Crippen LogP contribution in [0, 0.1) is 0 Å². The maximum Gasteiger partial charge on any atom is 0.238 e. The van der Waals surface area contributed by atoms with Crippen molar-refractivity contribution < 1.29 is 14.3 Å². The summed E-state index contributed by atoms with van der Waals surface area (Å²) in [6.45, 7) is 2.58. The molecule has 5 heteroatoms. The first kappa shape index (κ1) is 18.1. The topological polar surface area (TPSA) is 58.6 Å². The van der Waals surface area contributed by atoms with Gasteiger partial charge < -0.3 is 10.1 Å². The van der Waals surface area contributed by atoms with Crippen LogP contribution >= 0.6 is 0 Å². The number of nitrogens with zero attached hydrogens (tertiary/aromatic N) is 1. The number of carbonyl (C=O) groups is 2. The number of ketones is 1. The van der Waals surface area contributed by atoms with Gasteiger partial charge in [0.2, 0.25) is 5.91 Å². The van der Waals surface area contributed by atoms with Gasteiger partial charge in [-0.15, -0.1) is 0 Å². The lowest BCUT2D eigenvalue weighted by atomic mass is 10.1. The Hall–Kier alpha value is -2.66. The molecular formula is C21H24N2O3. The van der Waals surface area contributed by atoms with Crippen LogP contribution in [-0.2, 0) is 11.3 Å². The number of ether oxygens (including phenoxy) is 1. The number of nitrogens with one attached hydrogen (secondary N) is 1. The number of hydrogen-bond acceptors (Lipinski definition) is 4. The minimum atomic E-state index is -0.0638. The molecule has 26 heavy (non-hydrogen) atoms. The molecule has 0 radical (unpaired) electrons. The molecule has 0 atom stereocenters. The summed E-state index contributed by atoms with van der Waals surface area (Å²) in [6.07, 6.45) is 2.26. The van der Waals surface area contributed by atoms with E-state index in [9.17, 15) is 9.59 Å². The van der Waals surface area contributed by atoms with Crippen LogP contribution in [0.15, 0.2) is 48.5 Å². The van der Waals surface area contributed by atoms with Gasteiger partial charge in [-0.25, -0.2) is 0 Å². The fraction of sp³-hybridized carbons (Fsp3) is 0.333. The van der Waals surface area contributed by atoms with E-state index >= 15 is 0 Å². The molecule has 1 saturated carbocycles. The second-order valence-corrected chi connectivity index (χ2v) is 6.67. The highest BCUT2D eigenvalue weighted by Crippen LogP contribution is 2.28. The Balaban J connectivity index is 1.61. The second kappa shape index (κ2) is 8.15. The summed E-state index contributed by atoms with van der Waals surface area (Å²) in [5.41, 5.74) is 2.41. The Labute approximate surface area is 154 Å². The third kappa shape index (κ3) is 4.92. The van der Waals surface area contributed by atoms with E-state index in [1.54, 1.807) is 31.4 Å². The van der Waals surface area contributed by atoms with Crippen molar-refractivity contribution in [3.05, 3.63) is 59.7 Å². The van der Waals surface area contributed by atoms with Gasteiger partial charge in [-0.2, -0.15) is 0 Å². The average Bonchev–Trinajstić information content (AvgIpc) is 3.47. The zero-order valence-electron chi connectivity index (χ0n) is 15.2. The number of benzene rings is 2. The van der Waals surface area contributed by atoms with Crippen molar-refractivity contribution in [2.45, 2.75) is 32.4 Å². The molecule has 2 aromatic carbocycles. The fourth-order valence-corrected chi connectivity index (χ4v) is 2.92. The number of methoxy groups -OCH3 is 1. The van der Waals surface area contributed by atoms with Crippen LogP contribution in [-0.4, -0.2) is 36.3 Å². The summed E-state index contributed by atoms with van der Waals surface area (Å²) in [6, 6.07) is 15.4. The van der Waals surface area contributed by atoms with E-state index in [1.165, 1.54) is 6.92 Å². The predicted octanol–water partition coefficient (Wildman–Crippen LogP) is 3.50. The smallest absolute Gasteiger partial charge is 0.238 e. The van der Waals surface area contributed by atoms with Gasteiger partial charge in [0.15, 0.2) is 5.78 Å². The number of Topliss-reactive ketones (excluding diaryl/α,β-unsaturated/α-hetero) is 1. The summed E-state index contributed by atoms with van der Waals surface area (Å²) in [4.78, 5) is 26.1. The first-order valence-electron chi connectivity index (χ1n) is 8.83. The molecule has 3 rings (SSSR count). The minimum Gasteiger partial charge on any atom is -0.497 e. The third-order valence-corrected chi connectivity index (χ3v) is 4.51. The van der Waals surface area contributed by atoms with Crippen LogP contribution in [0.4, 0.5) is 5.69 Å². The number of anilines is 1. The Morgan fingerprint density at radius 1 is 1.15 bits per heavy atom. The quantitative estimate of drug-likeness (QED) is 0.739. The van der Waals surface area contributed by atoms with Crippen LogP contribution in [0.5, 0.6) is 5.75 Å². The third-order valence-electron chi connectivity index (χ3n) is 4.51. The van der Waals surface area contributed by atoms with E-state index in [0.29, 0.717) is 23.8 Å². The van der Waals surface area contributed by atoms with Crippen LogP contribution in [0.1, 0.15) is 35.7 Å². The number of amides is 1. The summed E-state index contributed by atoms with van der Waals surface area (Å²) in [5.74, 6) is 0.751. The minimum absolute atomic E-state index is 0.0137. The Kier molecular flexibility index (Phi) is 5.68. The van der Waals surface area contributed by atoms with E-state index in [4.69, 9.17) is 4.74 Å². The van der Waals surface area contributed by atoms with Gasteiger partial charge in [-0.05, 0) is 49.6 Å². The summed E-state index contributed by atoms with van der Waals surface area (Å²) >= 11 is 0. The highest BCUT2D eigenvalue weighted by molar-refractivity contribution is 5.97. The van der Waals surface area contributed by atoms with Gasteiger partial charge in [0.1, 0.15) is 5.75 Å². The highest BCUT2D eigenvalue weighted by atomic mass is 16.5. The first-order chi connectivity index (χ1) is 12.5. The number of carbonyl (C=O) groups excluding carboxylic acids is 2. The maximum atomic E-state index is 12.5. The first-order valence-corrected chi connectivity index (χ1v) is 8.83. The molecule has 0 spiro atoms. The van der Waals surface area contributed by atoms with Crippen molar-refractivity contribution in [2.75, 3.05) is 19.0 Å². The van der Waals surface area contributed by atoms with E-state index < -0.39 is 0 Å². The van der Waals surface area contributed by atoms with Crippen molar-refractivity contribution in [3.63, 3.8) is 0 Å². The van der Waals surface area contributed by atoms with E-state index in [1.807, 2.05) is 24.3 Å². The van der Waals surface area contributed by atoms with Crippen LogP contribution in [0.2, 0.25) is 0 Å². The SMILES string of the molecule is COc1ccc(CN(CC(=O)Nc2cccc(C(C)=O)c2)C2CC2)cc1. The number of hydrogen-bond donors (Lipinski definition) is 1. The van der Waals surface area contributed by atoms with Gasteiger partial charge in [0.25, 0.3) is 0 Å². The lowest BCUT2D eigenvalue weighted by molar-refractivity contribution is -0.117. The molecule has 1 fully saturated rings. The molecule has 0 aromatic heterocycles. The molecule has 0 bridgehead atoms. The standard InChI is InChI=1S/C21H24N2O3/c1-15(24)17-4-3-5-18(12-17)22-21(25)14-23(19-8-9-19)13-16-6-10-20(26-2)11-7-16/h3-7,10-12,19H,8-9,13-14H2,1-2H3,(H,22,25). The van der Waals surface area contributed by atoms with E-state index in [-0.39, 0.29) is 11.7 Å². The van der Waals surface area contributed by atoms with Crippen molar-refractivity contribution in [1.29, 1.82) is 0 Å². The van der Waals surface area contributed by atoms with Gasteiger partial charge in [0.05, 0.1) is 13.7 Å². The van der Waals surface area contributed by atoms with Crippen LogP contribution in [0.25, 0.3) is 0 Å². The van der Waals surface area contributed by atoms with Gasteiger partial charge in [-0.1, -0.05) is 24.3 Å². The van der Waals surface area contributed by atoms with Gasteiger partial charge in [0, 0.05) is 23.8 Å². The lowest BCUT2D eigenvalue weighted by Gasteiger charge is -2.21. The van der Waals surface area contributed by atoms with E-state index in [0.717, 1.165) is 30.7 Å². The molecule has 0 unspecified atom stereocenters. The molecule has 0 saturated heterocycles. The molecule has 0 heterocycles. The molecule has 1 aliphatic rings. The Morgan fingerprint density at radius 2 is 1.88 bits per heavy atom. The van der Waals surface area contributed by atoms with Crippen molar-refractivity contribution in [2.24, 2.45) is 0 Å². The monoisotopic (exact) mass is 352 g/mol. The molecule has 0 aliphatic heterocycles. The molecule has 136 valence electrons. The number of rotatable bonds is 8. The van der Waals surface area contributed by atoms with Crippen LogP contribution < -0.4 is 10.1 Å². The highest BCUT2D eigenvalue weighted by Gasteiger charge is 2.30. The average molecular weight is 352 g/mol. The zero-order valence-corrected chi connectivity index (χ0v) is 15.2. The largest absolute Gasteiger partial charge is 0.497 e. The van der Waals surface area contributed by atoms with Crippen molar-refractivity contribution >= 4 is 17.4 Å². The van der Waals surface area contributed by atoms with Gasteiger partial charge >= 0.3 is 0 Å². The fourth-order valence-electron chi connectivity index (χ4n) is 2.92. The second-order valence-electron chi connectivity index (χ2n) is 6.67. The molecule has 1 N–H and O–H groups in total. The lowest BCUT2D eigenvalue weighted by Crippen LogP contribution is -2.34. The van der Waals surface area contributed by atoms with Gasteiger partial charge in [-0.3, -0.25) is 14.5 Å². The maximum absolute atomic E-state index is 12.5. The van der Waals surface area contributed by atoms with Crippen molar-refractivity contribution in [1.82, 2.24) is 4.90 Å². The molecule has 1 aliphatic carbocycles. The van der Waals surface area contributed by atoms with E-state index in [2.05, 4.69) is 10.2 Å². The molecular weight excluding hydrogens is 328 g/mol. The van der Waals surface area contributed by atoms with Crippen LogP contribution in [0.3, 0.4) is 0 Å². The zero-order chi connectivity index (χ0) is 18.5. The summed E-state index contributed by atoms with van der Waals surface area (Å²) < 4.78 is 5.19. The van der Waals surface area contributed by atoms with Crippen molar-refractivity contribution in [3.8, 4) is 5.75 Å². The normalized spacial score (nSPS) is 13.5. The summed E-state index contributed by atoms with van der Waals surface area (Å²) in [7, 11) is 1.65. The Bertz CT molecular complexity index is 782. The summed E-state index contributed by atoms with van der Waals surface area (Å²) in [5, 5.41) is 2.90. The Morgan fingerprint density at radius 3 is 2.50 bits per heavy atom. The molecule has 5 nitrogen and oxygen atoms in total. The predicted molar refractivity (Wildman–Crippen MR) is 102 cm³/mol. The molecule has 1 amide bonds.